The van der Waals surface area contributed by atoms with E-state index in [0.717, 1.165) is 0 Å². The van der Waals surface area contributed by atoms with Crippen LogP contribution >= 0.6 is 0 Å². The lowest BCUT2D eigenvalue weighted by Crippen LogP contribution is -2.46. The Hall–Kier alpha value is -3.96. The van der Waals surface area contributed by atoms with Gasteiger partial charge in [-0.1, -0.05) is 27.7 Å². The van der Waals surface area contributed by atoms with Gasteiger partial charge in [0.05, 0.1) is 6.33 Å². The number of nitrogens with one attached hydrogen (secondary N) is 2. The van der Waals surface area contributed by atoms with Crippen molar-refractivity contribution in [2.24, 2.45) is 23.3 Å². The first-order chi connectivity index (χ1) is 18.0. The van der Waals surface area contributed by atoms with Crippen molar-refractivity contribution in [2.75, 3.05) is 18.1 Å². The van der Waals surface area contributed by atoms with Gasteiger partial charge in [-0.15, -0.1) is 5.10 Å². The number of carbonyl (C=O) groups is 2. The molecular weight excluding hydrogens is 500 g/mol. The quantitative estimate of drug-likeness (QED) is 0.208. The van der Waals surface area contributed by atoms with Crippen LogP contribution in [-0.2, 0) is 23.8 Å². The second-order valence-corrected chi connectivity index (χ2v) is 9.58. The fraction of sp³-hybridized carbons (Fsp3) is 0.619. The number of ether oxygens (including phenoxy) is 3. The van der Waals surface area contributed by atoms with E-state index in [1.807, 2.05) is 0 Å². The summed E-state index contributed by atoms with van der Waals surface area (Å²) in [5.41, 5.74) is 18.7. The molecule has 1 saturated heterocycles. The molecule has 17 heteroatoms. The zero-order valence-electron chi connectivity index (χ0n) is 21.6. The van der Waals surface area contributed by atoms with E-state index in [1.54, 1.807) is 34.7 Å². The molecule has 0 radical (unpaired) electrons. The number of H-pyrrole nitrogens is 1. The minimum Gasteiger partial charge on any atom is -0.454 e. The Labute approximate surface area is 217 Å². The molecule has 4 heterocycles. The Morgan fingerprint density at radius 1 is 1.08 bits per heavy atom. The van der Waals surface area contributed by atoms with E-state index in [0.29, 0.717) is 0 Å². The molecule has 3 aromatic heterocycles. The topological polar surface area (TPSA) is 250 Å². The summed E-state index contributed by atoms with van der Waals surface area (Å²) >= 11 is 0. The van der Waals surface area contributed by atoms with Gasteiger partial charge >= 0.3 is 11.9 Å². The lowest BCUT2D eigenvalue weighted by atomic mass is 10.0. The number of nitrogens with two attached hydrogens (primary N) is 3. The van der Waals surface area contributed by atoms with E-state index in [4.69, 9.17) is 31.4 Å². The minimum atomic E-state index is -1.22. The van der Waals surface area contributed by atoms with Crippen LogP contribution in [0.2, 0.25) is 0 Å². The Balaban J connectivity index is 1.82. The first kappa shape index (κ1) is 27.1. The highest BCUT2D eigenvalue weighted by molar-refractivity contribution is 5.83. The predicted octanol–water partition coefficient (Wildman–Crippen LogP) is -0.976. The molecule has 4 rings (SSSR count). The SMILES string of the molecule is CNc1nc(N)c2ncn([C@@H]3O[C@H](c4nnn[nH]4)[C@@H](OC(=O)[C@@H](N)C(C)C)[C@H]3OC(=O)[C@@H](N)C(C)C)c2n1. The average Bonchev–Trinajstić information content (AvgIpc) is 3.62. The van der Waals surface area contributed by atoms with Gasteiger partial charge in [-0.2, -0.15) is 9.97 Å². The summed E-state index contributed by atoms with van der Waals surface area (Å²) in [5, 5.41) is 16.6. The van der Waals surface area contributed by atoms with Crippen molar-refractivity contribution >= 4 is 34.9 Å². The summed E-state index contributed by atoms with van der Waals surface area (Å²) in [6.45, 7) is 7.11. The second-order valence-electron chi connectivity index (χ2n) is 9.58. The number of esters is 2. The number of nitrogen functional groups attached to an aromatic ring is 1. The third kappa shape index (κ3) is 5.07. The van der Waals surface area contributed by atoms with E-state index in [2.05, 4.69) is 40.9 Å². The second kappa shape index (κ2) is 10.8. The monoisotopic (exact) mass is 532 g/mol. The van der Waals surface area contributed by atoms with Crippen LogP contribution in [-0.4, -0.2) is 83.4 Å². The molecule has 38 heavy (non-hydrogen) atoms. The van der Waals surface area contributed by atoms with Crippen molar-refractivity contribution in [2.45, 2.75) is 64.3 Å². The van der Waals surface area contributed by atoms with Crippen LogP contribution in [0.5, 0.6) is 0 Å². The number of aromatic nitrogens is 8. The van der Waals surface area contributed by atoms with Gasteiger partial charge in [0, 0.05) is 7.05 Å². The maximum absolute atomic E-state index is 13.0. The number of tetrazole rings is 1. The molecule has 0 amide bonds. The van der Waals surface area contributed by atoms with Gasteiger partial charge < -0.3 is 36.7 Å². The summed E-state index contributed by atoms with van der Waals surface area (Å²) in [6.07, 6.45) is -3.21. The highest BCUT2D eigenvalue weighted by Crippen LogP contribution is 2.42. The van der Waals surface area contributed by atoms with Crippen LogP contribution in [0.3, 0.4) is 0 Å². The Morgan fingerprint density at radius 2 is 1.71 bits per heavy atom. The molecule has 8 N–H and O–H groups in total. The lowest BCUT2D eigenvalue weighted by molar-refractivity contribution is -0.171. The van der Waals surface area contributed by atoms with Crippen LogP contribution < -0.4 is 22.5 Å². The maximum Gasteiger partial charge on any atom is 0.323 e. The smallest absolute Gasteiger partial charge is 0.323 e. The third-order valence-corrected chi connectivity index (χ3v) is 6.25. The van der Waals surface area contributed by atoms with Crippen molar-refractivity contribution in [1.82, 2.24) is 40.1 Å². The molecular formula is C21H32N12O5. The van der Waals surface area contributed by atoms with Gasteiger partial charge in [-0.05, 0) is 22.3 Å². The van der Waals surface area contributed by atoms with Crippen LogP contribution in [0.15, 0.2) is 6.33 Å². The van der Waals surface area contributed by atoms with Crippen LogP contribution in [0, 0.1) is 11.8 Å². The zero-order valence-corrected chi connectivity index (χ0v) is 21.6. The molecule has 0 aromatic carbocycles. The van der Waals surface area contributed by atoms with E-state index < -0.39 is 48.6 Å². The molecule has 0 bridgehead atoms. The minimum absolute atomic E-state index is 0.119. The van der Waals surface area contributed by atoms with Crippen molar-refractivity contribution < 1.29 is 23.8 Å². The van der Waals surface area contributed by atoms with Crippen LogP contribution in [0.25, 0.3) is 11.2 Å². The Bertz CT molecular complexity index is 1280. The van der Waals surface area contributed by atoms with Crippen molar-refractivity contribution in [1.29, 1.82) is 0 Å². The van der Waals surface area contributed by atoms with Gasteiger partial charge in [-0.3, -0.25) is 14.2 Å². The summed E-state index contributed by atoms with van der Waals surface area (Å²) in [4.78, 5) is 38.9. The number of hydrogen-bond donors (Lipinski definition) is 5. The number of hydrogen-bond acceptors (Lipinski definition) is 15. The summed E-state index contributed by atoms with van der Waals surface area (Å²) in [5.74, 6) is -1.42. The van der Waals surface area contributed by atoms with Gasteiger partial charge in [0.1, 0.15) is 17.6 Å². The van der Waals surface area contributed by atoms with Gasteiger partial charge in [0.15, 0.2) is 41.8 Å². The summed E-state index contributed by atoms with van der Waals surface area (Å²) in [6, 6.07) is -1.90. The third-order valence-electron chi connectivity index (χ3n) is 6.25. The van der Waals surface area contributed by atoms with Gasteiger partial charge in [0.2, 0.25) is 5.95 Å². The fourth-order valence-corrected chi connectivity index (χ4v) is 3.83. The summed E-state index contributed by atoms with van der Waals surface area (Å²) < 4.78 is 19.4. The van der Waals surface area contributed by atoms with E-state index in [1.165, 1.54) is 10.9 Å². The van der Waals surface area contributed by atoms with Crippen molar-refractivity contribution in [3.8, 4) is 0 Å². The molecule has 1 fully saturated rings. The van der Waals surface area contributed by atoms with Crippen LogP contribution in [0.4, 0.5) is 11.8 Å². The zero-order chi connectivity index (χ0) is 27.7. The van der Waals surface area contributed by atoms with Crippen molar-refractivity contribution in [3.63, 3.8) is 0 Å². The molecule has 1 aliphatic heterocycles. The van der Waals surface area contributed by atoms with Gasteiger partial charge in [0.25, 0.3) is 0 Å². The molecule has 206 valence electrons. The fourth-order valence-electron chi connectivity index (χ4n) is 3.83. The molecule has 1 aliphatic rings. The van der Waals surface area contributed by atoms with E-state index in [-0.39, 0.29) is 40.6 Å². The molecule has 0 saturated carbocycles. The number of rotatable bonds is 9. The Kier molecular flexibility index (Phi) is 7.70. The molecule has 0 aliphatic carbocycles. The predicted molar refractivity (Wildman–Crippen MR) is 132 cm³/mol. The Morgan fingerprint density at radius 3 is 2.26 bits per heavy atom. The molecule has 17 nitrogen and oxygen atoms in total. The highest BCUT2D eigenvalue weighted by atomic mass is 16.6. The number of anilines is 2. The number of nitrogens with zero attached hydrogens (tertiary/aromatic N) is 7. The molecule has 3 aromatic rings. The summed E-state index contributed by atoms with van der Waals surface area (Å²) in [7, 11) is 1.63. The average molecular weight is 533 g/mol. The number of imidazole rings is 1. The maximum atomic E-state index is 13.0. The first-order valence-corrected chi connectivity index (χ1v) is 12.0. The van der Waals surface area contributed by atoms with E-state index in [9.17, 15) is 9.59 Å². The van der Waals surface area contributed by atoms with Crippen molar-refractivity contribution in [3.05, 3.63) is 12.2 Å². The van der Waals surface area contributed by atoms with E-state index >= 15 is 0 Å². The number of aromatic amines is 1. The molecule has 0 spiro atoms. The number of fused-ring (bicyclic) bond motifs is 1. The van der Waals surface area contributed by atoms with Crippen LogP contribution in [0.1, 0.15) is 45.9 Å². The normalized spacial score (nSPS) is 23.1. The molecule has 0 unspecified atom stereocenters. The highest BCUT2D eigenvalue weighted by Gasteiger charge is 2.53. The number of carbonyl (C=O) groups excluding carboxylic acids is 2. The van der Waals surface area contributed by atoms with Gasteiger partial charge in [-0.25, -0.2) is 10.1 Å². The first-order valence-electron chi connectivity index (χ1n) is 12.0. The lowest BCUT2D eigenvalue weighted by Gasteiger charge is -2.27. The largest absolute Gasteiger partial charge is 0.454 e. The molecule has 6 atom stereocenters. The standard InChI is InChI=1S/C21H32N12O5/c1-7(2)9(22)19(34)37-12-13(16-29-31-32-30-16)36-18(14(12)38-20(35)10(23)8(3)4)33-6-26-11-15(24)27-21(25-5)28-17(11)33/h6-10,12-14,18H,22-23H2,1-5H3,(H3,24,25,27,28)(H,29,30,31,32)/t9-,10-,12+,13-,14+,18+/m0/s1.